The van der Waals surface area contributed by atoms with Crippen LogP contribution in [0, 0.1) is 5.92 Å². The van der Waals surface area contributed by atoms with Gasteiger partial charge in [-0.1, -0.05) is 19.9 Å². The molecule has 1 atom stereocenters. The van der Waals surface area contributed by atoms with Crippen LogP contribution < -0.4 is 5.32 Å². The van der Waals surface area contributed by atoms with Crippen LogP contribution in [0.1, 0.15) is 45.5 Å². The van der Waals surface area contributed by atoms with E-state index in [0.29, 0.717) is 5.92 Å². The third-order valence-electron chi connectivity index (χ3n) is 2.40. The maximum Gasteiger partial charge on any atom is 0.320 e. The molecule has 4 heteroatoms. The summed E-state index contributed by atoms with van der Waals surface area (Å²) in [5.41, 5.74) is -0.422. The maximum absolute atomic E-state index is 11.7. The van der Waals surface area contributed by atoms with E-state index in [1.807, 2.05) is 26.8 Å². The Morgan fingerprint density at radius 1 is 1.44 bits per heavy atom. The Labute approximate surface area is 114 Å². The minimum atomic E-state index is -0.422. The smallest absolute Gasteiger partial charge is 0.320 e. The molecule has 0 amide bonds. The summed E-state index contributed by atoms with van der Waals surface area (Å²) in [6.45, 7) is 10.2. The molecule has 1 aromatic heterocycles. The Bertz CT molecular complexity index is 366. The van der Waals surface area contributed by atoms with Gasteiger partial charge in [-0.25, -0.2) is 0 Å². The molecule has 0 aliphatic rings. The maximum atomic E-state index is 11.7. The minimum absolute atomic E-state index is 0.204. The third kappa shape index (κ3) is 5.19. The number of ether oxygens (including phenoxy) is 1. The summed E-state index contributed by atoms with van der Waals surface area (Å²) in [5, 5.41) is 5.34. The fourth-order valence-corrected chi connectivity index (χ4v) is 2.68. The topological polar surface area (TPSA) is 38.3 Å². The largest absolute Gasteiger partial charge is 0.459 e. The molecule has 102 valence electrons. The molecule has 18 heavy (non-hydrogen) atoms. The van der Waals surface area contributed by atoms with Crippen LogP contribution in [-0.4, -0.2) is 18.1 Å². The van der Waals surface area contributed by atoms with Crippen LogP contribution in [0.2, 0.25) is 0 Å². The van der Waals surface area contributed by atoms with Crippen molar-refractivity contribution in [1.82, 2.24) is 5.32 Å². The Hall–Kier alpha value is -0.870. The first-order valence-corrected chi connectivity index (χ1v) is 7.16. The van der Waals surface area contributed by atoms with Gasteiger partial charge in [0, 0.05) is 10.9 Å². The van der Waals surface area contributed by atoms with Gasteiger partial charge >= 0.3 is 5.97 Å². The number of rotatable bonds is 5. The van der Waals surface area contributed by atoms with Crippen molar-refractivity contribution < 1.29 is 9.53 Å². The van der Waals surface area contributed by atoms with Gasteiger partial charge in [0.2, 0.25) is 0 Å². The van der Waals surface area contributed by atoms with Crippen LogP contribution in [0.4, 0.5) is 0 Å². The van der Waals surface area contributed by atoms with E-state index >= 15 is 0 Å². The Balaban J connectivity index is 2.52. The van der Waals surface area contributed by atoms with Crippen LogP contribution in [-0.2, 0) is 9.53 Å². The molecule has 0 radical (unpaired) electrons. The van der Waals surface area contributed by atoms with Crippen LogP contribution >= 0.6 is 11.3 Å². The number of carbonyl (C=O) groups is 1. The van der Waals surface area contributed by atoms with Crippen LogP contribution in [0.25, 0.3) is 0 Å². The molecule has 0 aliphatic carbocycles. The highest BCUT2D eigenvalue weighted by Crippen LogP contribution is 2.25. The molecule has 0 aliphatic heterocycles. The molecule has 0 bridgehead atoms. The van der Waals surface area contributed by atoms with Crippen molar-refractivity contribution in [3.8, 4) is 0 Å². The van der Waals surface area contributed by atoms with Gasteiger partial charge in [0.05, 0.1) is 6.54 Å². The normalized spacial score (nSPS) is 13.7. The van der Waals surface area contributed by atoms with Crippen molar-refractivity contribution in [3.05, 3.63) is 22.4 Å². The first-order chi connectivity index (χ1) is 8.29. The first kappa shape index (κ1) is 15.2. The zero-order chi connectivity index (χ0) is 13.8. The lowest BCUT2D eigenvalue weighted by molar-refractivity contribution is -0.153. The van der Waals surface area contributed by atoms with Crippen LogP contribution in [0.5, 0.6) is 0 Å². The predicted molar refractivity (Wildman–Crippen MR) is 75.7 cm³/mol. The SMILES string of the molecule is CC(C)C(NCC(=O)OC(C)(C)C)c1cccs1. The molecule has 1 heterocycles. The average molecular weight is 269 g/mol. The highest BCUT2D eigenvalue weighted by atomic mass is 32.1. The van der Waals surface area contributed by atoms with Crippen molar-refractivity contribution in [3.63, 3.8) is 0 Å². The molecule has 1 aromatic rings. The molecule has 0 fully saturated rings. The van der Waals surface area contributed by atoms with E-state index in [1.54, 1.807) is 11.3 Å². The van der Waals surface area contributed by atoms with Crippen molar-refractivity contribution in [1.29, 1.82) is 0 Å². The number of hydrogen-bond acceptors (Lipinski definition) is 4. The molecule has 0 saturated heterocycles. The molecule has 1 unspecified atom stereocenters. The second kappa shape index (κ2) is 6.34. The van der Waals surface area contributed by atoms with Gasteiger partial charge in [0.25, 0.3) is 0 Å². The van der Waals surface area contributed by atoms with E-state index in [2.05, 4.69) is 30.6 Å². The van der Waals surface area contributed by atoms with E-state index < -0.39 is 5.60 Å². The number of thiophene rings is 1. The van der Waals surface area contributed by atoms with Crippen molar-refractivity contribution in [2.24, 2.45) is 5.92 Å². The van der Waals surface area contributed by atoms with Crippen molar-refractivity contribution >= 4 is 17.3 Å². The highest BCUT2D eigenvalue weighted by molar-refractivity contribution is 7.10. The summed E-state index contributed by atoms with van der Waals surface area (Å²) in [6, 6.07) is 4.33. The van der Waals surface area contributed by atoms with Gasteiger partial charge in [-0.2, -0.15) is 0 Å². The summed E-state index contributed by atoms with van der Waals surface area (Å²) in [6.07, 6.45) is 0. The van der Waals surface area contributed by atoms with E-state index in [-0.39, 0.29) is 18.6 Å². The van der Waals surface area contributed by atoms with E-state index in [1.165, 1.54) is 4.88 Å². The van der Waals surface area contributed by atoms with Gasteiger partial charge in [-0.05, 0) is 38.1 Å². The summed E-state index contributed by atoms with van der Waals surface area (Å²) in [5.74, 6) is 0.232. The quantitative estimate of drug-likeness (QED) is 0.833. The zero-order valence-corrected chi connectivity index (χ0v) is 12.6. The minimum Gasteiger partial charge on any atom is -0.459 e. The fourth-order valence-electron chi connectivity index (χ4n) is 1.70. The van der Waals surface area contributed by atoms with Crippen molar-refractivity contribution in [2.75, 3.05) is 6.54 Å². The molecule has 0 aromatic carbocycles. The zero-order valence-electron chi connectivity index (χ0n) is 11.8. The van der Waals surface area contributed by atoms with Crippen LogP contribution in [0.15, 0.2) is 17.5 Å². The molecule has 1 rings (SSSR count). The highest BCUT2D eigenvalue weighted by Gasteiger charge is 2.20. The second-order valence-corrected chi connectivity index (χ2v) is 6.68. The summed E-state index contributed by atoms with van der Waals surface area (Å²) < 4.78 is 5.29. The van der Waals surface area contributed by atoms with Crippen molar-refractivity contribution in [2.45, 2.75) is 46.3 Å². The molecular formula is C14H23NO2S. The third-order valence-corrected chi connectivity index (χ3v) is 3.36. The molecule has 1 N–H and O–H groups in total. The molecule has 3 nitrogen and oxygen atoms in total. The van der Waals surface area contributed by atoms with Gasteiger partial charge in [0.15, 0.2) is 0 Å². The monoisotopic (exact) mass is 269 g/mol. The van der Waals surface area contributed by atoms with Gasteiger partial charge in [-0.15, -0.1) is 11.3 Å². The number of nitrogens with one attached hydrogen (secondary N) is 1. The van der Waals surface area contributed by atoms with Gasteiger partial charge in [0.1, 0.15) is 5.60 Å². The molecule has 0 saturated carbocycles. The lowest BCUT2D eigenvalue weighted by atomic mass is 10.0. The number of carbonyl (C=O) groups excluding carboxylic acids is 1. The first-order valence-electron chi connectivity index (χ1n) is 6.28. The standard InChI is InChI=1S/C14H23NO2S/c1-10(2)13(11-7-6-8-18-11)15-9-12(16)17-14(3,4)5/h6-8,10,13,15H,9H2,1-5H3. The summed E-state index contributed by atoms with van der Waals surface area (Å²) in [7, 11) is 0. The Morgan fingerprint density at radius 3 is 2.56 bits per heavy atom. The second-order valence-electron chi connectivity index (χ2n) is 5.70. The van der Waals surface area contributed by atoms with E-state index in [0.717, 1.165) is 0 Å². The predicted octanol–water partition coefficient (Wildman–Crippen LogP) is 3.38. The number of esters is 1. The lowest BCUT2D eigenvalue weighted by Gasteiger charge is -2.23. The average Bonchev–Trinajstić information content (AvgIpc) is 2.67. The Kier molecular flexibility index (Phi) is 5.35. The fraction of sp³-hybridized carbons (Fsp3) is 0.643. The van der Waals surface area contributed by atoms with E-state index in [4.69, 9.17) is 4.74 Å². The van der Waals surface area contributed by atoms with Gasteiger partial charge in [-0.3, -0.25) is 10.1 Å². The van der Waals surface area contributed by atoms with Crippen LogP contribution in [0.3, 0.4) is 0 Å². The lowest BCUT2D eigenvalue weighted by Crippen LogP contribution is -2.34. The van der Waals surface area contributed by atoms with E-state index in [9.17, 15) is 4.79 Å². The summed E-state index contributed by atoms with van der Waals surface area (Å²) in [4.78, 5) is 12.9. The molecular weight excluding hydrogens is 246 g/mol. The Morgan fingerprint density at radius 2 is 2.11 bits per heavy atom. The van der Waals surface area contributed by atoms with Gasteiger partial charge < -0.3 is 4.74 Å². The number of hydrogen-bond donors (Lipinski definition) is 1. The molecule has 0 spiro atoms. The summed E-state index contributed by atoms with van der Waals surface area (Å²) >= 11 is 1.71.